The first-order chi connectivity index (χ1) is 16.9. The Balaban J connectivity index is 1.75. The van der Waals surface area contributed by atoms with Gasteiger partial charge in [-0.15, -0.1) is 0 Å². The largest absolute Gasteiger partial charge is 0.314 e. The summed E-state index contributed by atoms with van der Waals surface area (Å²) in [6, 6.07) is 31.4. The highest BCUT2D eigenvalue weighted by Gasteiger charge is 2.24. The van der Waals surface area contributed by atoms with E-state index in [0.29, 0.717) is 10.7 Å². The molecule has 2 aromatic heterocycles. The Morgan fingerprint density at radius 3 is 2.14 bits per heavy atom. The maximum atomic E-state index is 13.4. The Bertz CT molecular complexity index is 1630. The summed E-state index contributed by atoms with van der Waals surface area (Å²) < 4.78 is 33.1. The van der Waals surface area contributed by atoms with Gasteiger partial charge in [-0.2, -0.15) is 12.8 Å². The number of pyridine rings is 1. The Morgan fingerprint density at radius 2 is 1.46 bits per heavy atom. The number of hydrogen-bond donors (Lipinski definition) is 0. The molecule has 0 amide bonds. The molecule has 0 radical (unpaired) electrons. The summed E-state index contributed by atoms with van der Waals surface area (Å²) >= 11 is 7.70. The quantitative estimate of drug-likeness (QED) is 0.223. The van der Waals surface area contributed by atoms with Crippen molar-refractivity contribution in [3.8, 4) is 0 Å². The van der Waals surface area contributed by atoms with Crippen LogP contribution in [0.15, 0.2) is 128 Å². The Labute approximate surface area is 214 Å². The molecule has 0 aliphatic rings. The van der Waals surface area contributed by atoms with Crippen molar-refractivity contribution in [3.05, 3.63) is 131 Å². The Morgan fingerprint density at radius 1 is 0.829 bits per heavy atom. The van der Waals surface area contributed by atoms with E-state index < -0.39 is 10.0 Å². The summed E-state index contributed by atoms with van der Waals surface area (Å²) in [5.41, 5.74) is 3.78. The van der Waals surface area contributed by atoms with Crippen LogP contribution in [0.25, 0.3) is 5.52 Å². The number of benzene rings is 3. The average molecular weight is 517 g/mol. The minimum atomic E-state index is -3.94. The fraction of sp³-hybridized carbons (Fsp3) is 0.0357. The van der Waals surface area contributed by atoms with Gasteiger partial charge in [-0.05, 0) is 61.0 Å². The van der Waals surface area contributed by atoms with Crippen molar-refractivity contribution in [2.45, 2.75) is 21.6 Å². The van der Waals surface area contributed by atoms with E-state index in [1.807, 2.05) is 90.3 Å². The van der Waals surface area contributed by atoms with Crippen LogP contribution in [0.5, 0.6) is 0 Å². The van der Waals surface area contributed by atoms with Crippen molar-refractivity contribution in [1.82, 2.24) is 4.40 Å². The minimum Gasteiger partial charge on any atom is -0.314 e. The molecule has 3 aromatic carbocycles. The summed E-state index contributed by atoms with van der Waals surface area (Å²) in [4.78, 5) is 2.22. The number of aromatic nitrogens is 1. The lowest BCUT2D eigenvalue weighted by atomic mass is 10.1. The molecule has 0 bridgehead atoms. The van der Waals surface area contributed by atoms with Crippen LogP contribution in [0, 0.1) is 6.92 Å². The van der Waals surface area contributed by atoms with Gasteiger partial charge in [0.15, 0.2) is 0 Å². The molecule has 174 valence electrons. The number of rotatable bonds is 6. The van der Waals surface area contributed by atoms with Crippen molar-refractivity contribution in [1.29, 1.82) is 0 Å². The fourth-order valence-corrected chi connectivity index (χ4v) is 6.13. The van der Waals surface area contributed by atoms with Gasteiger partial charge in [0.25, 0.3) is 10.0 Å². The van der Waals surface area contributed by atoms with E-state index in [0.717, 1.165) is 32.1 Å². The van der Waals surface area contributed by atoms with Crippen molar-refractivity contribution in [2.75, 3.05) is 0 Å². The third-order valence-electron chi connectivity index (χ3n) is 5.59. The average Bonchev–Trinajstić information content (AvgIpc) is 3.16. The zero-order valence-corrected chi connectivity index (χ0v) is 21.2. The van der Waals surface area contributed by atoms with Crippen molar-refractivity contribution in [2.24, 2.45) is 4.40 Å². The molecule has 0 saturated carbocycles. The van der Waals surface area contributed by atoms with Gasteiger partial charge >= 0.3 is 0 Å². The van der Waals surface area contributed by atoms with Gasteiger partial charge in [-0.1, -0.05) is 78.0 Å². The minimum absolute atomic E-state index is 0.155. The highest BCUT2D eigenvalue weighted by Crippen LogP contribution is 2.38. The third kappa shape index (κ3) is 4.78. The van der Waals surface area contributed by atoms with Crippen LogP contribution < -0.4 is 0 Å². The zero-order valence-electron chi connectivity index (χ0n) is 18.8. The molecule has 0 N–H and O–H groups in total. The van der Waals surface area contributed by atoms with E-state index in [-0.39, 0.29) is 4.90 Å². The molecule has 35 heavy (non-hydrogen) atoms. The maximum absolute atomic E-state index is 13.4. The third-order valence-corrected chi connectivity index (χ3v) is 8.36. The Kier molecular flexibility index (Phi) is 6.52. The predicted molar refractivity (Wildman–Crippen MR) is 143 cm³/mol. The van der Waals surface area contributed by atoms with Gasteiger partial charge in [-0.25, -0.2) is 0 Å². The second-order valence-electron chi connectivity index (χ2n) is 7.91. The lowest BCUT2D eigenvalue weighted by Crippen LogP contribution is -2.12. The van der Waals surface area contributed by atoms with Crippen LogP contribution in [-0.2, 0) is 10.0 Å². The molecule has 7 heteroatoms. The van der Waals surface area contributed by atoms with Gasteiger partial charge < -0.3 is 4.40 Å². The van der Waals surface area contributed by atoms with Crippen molar-refractivity contribution in [3.63, 3.8) is 0 Å². The van der Waals surface area contributed by atoms with E-state index in [1.54, 1.807) is 42.1 Å². The molecule has 5 rings (SSSR count). The summed E-state index contributed by atoms with van der Waals surface area (Å²) in [5.74, 6) is 0. The first kappa shape index (κ1) is 23.4. The Hall–Kier alpha value is -3.32. The second kappa shape index (κ2) is 9.74. The number of nitrogens with zero attached hydrogens (tertiary/aromatic N) is 2. The number of sulfonamides is 1. The normalized spacial score (nSPS) is 12.2. The summed E-state index contributed by atoms with van der Waals surface area (Å²) in [7, 11) is -3.94. The maximum Gasteiger partial charge on any atom is 0.282 e. The smallest absolute Gasteiger partial charge is 0.282 e. The molecule has 0 spiro atoms. The second-order valence-corrected chi connectivity index (χ2v) is 11.0. The van der Waals surface area contributed by atoms with Gasteiger partial charge in [0.05, 0.1) is 16.1 Å². The highest BCUT2D eigenvalue weighted by atomic mass is 35.5. The monoisotopic (exact) mass is 516 g/mol. The summed E-state index contributed by atoms with van der Waals surface area (Å²) in [6.07, 6.45) is 1.94. The van der Waals surface area contributed by atoms with E-state index in [9.17, 15) is 8.42 Å². The highest BCUT2D eigenvalue weighted by molar-refractivity contribution is 7.99. The molecule has 0 aliphatic heterocycles. The van der Waals surface area contributed by atoms with E-state index in [4.69, 9.17) is 11.6 Å². The number of halogens is 1. The lowest BCUT2D eigenvalue weighted by molar-refractivity contribution is 0.598. The molecule has 0 fully saturated rings. The van der Waals surface area contributed by atoms with Gasteiger partial charge in [0.2, 0.25) is 0 Å². The van der Waals surface area contributed by atoms with Gasteiger partial charge in [-0.3, -0.25) is 0 Å². The van der Waals surface area contributed by atoms with Crippen LogP contribution in [0.3, 0.4) is 0 Å². The number of hydrogen-bond acceptors (Lipinski definition) is 3. The first-order valence-electron chi connectivity index (χ1n) is 10.9. The molecule has 0 aliphatic carbocycles. The molecular weight excluding hydrogens is 496 g/mol. The molecule has 0 saturated heterocycles. The van der Waals surface area contributed by atoms with Crippen LogP contribution in [0.1, 0.15) is 16.8 Å². The standard InChI is InChI=1S/C28H21ClN2O2S2/c1-20-27(31-19-9-8-14-25(31)28(20)34-23-17-15-22(29)16-18-23)26(21-10-4-2-5-11-21)30-35(32,33)24-12-6-3-7-13-24/h2-19H,1H3. The topological polar surface area (TPSA) is 50.9 Å². The fourth-order valence-electron chi connectivity index (χ4n) is 3.94. The first-order valence-corrected chi connectivity index (χ1v) is 13.6. The summed E-state index contributed by atoms with van der Waals surface area (Å²) in [5, 5.41) is 0.679. The lowest BCUT2D eigenvalue weighted by Gasteiger charge is -2.10. The van der Waals surface area contributed by atoms with Gasteiger partial charge in [0.1, 0.15) is 5.71 Å². The molecule has 2 heterocycles. The number of fused-ring (bicyclic) bond motifs is 1. The molecule has 4 nitrogen and oxygen atoms in total. The zero-order chi connectivity index (χ0) is 24.4. The van der Waals surface area contributed by atoms with E-state index in [1.165, 1.54) is 0 Å². The van der Waals surface area contributed by atoms with Crippen LogP contribution in [-0.4, -0.2) is 18.5 Å². The molecule has 0 unspecified atom stereocenters. The van der Waals surface area contributed by atoms with Crippen LogP contribution in [0.4, 0.5) is 0 Å². The van der Waals surface area contributed by atoms with Crippen LogP contribution in [0.2, 0.25) is 5.02 Å². The SMILES string of the molecule is Cc1c(Sc2ccc(Cl)cc2)c2ccccn2c1C(=NS(=O)(=O)c1ccccc1)c1ccccc1. The van der Waals surface area contributed by atoms with Crippen LogP contribution >= 0.6 is 23.4 Å². The van der Waals surface area contributed by atoms with Crippen molar-refractivity contribution >= 4 is 44.6 Å². The molecule has 5 aromatic rings. The summed E-state index contributed by atoms with van der Waals surface area (Å²) in [6.45, 7) is 2.01. The van der Waals surface area contributed by atoms with Crippen molar-refractivity contribution < 1.29 is 8.42 Å². The van der Waals surface area contributed by atoms with E-state index in [2.05, 4.69) is 4.40 Å². The molecule has 0 atom stereocenters. The predicted octanol–water partition coefficient (Wildman–Crippen LogP) is 7.28. The molecular formula is C28H21ClN2O2S2. The van der Waals surface area contributed by atoms with Gasteiger partial charge in [0, 0.05) is 26.6 Å². The van der Waals surface area contributed by atoms with E-state index >= 15 is 0 Å².